The molecule has 0 bridgehead atoms. The molecule has 5 heteroatoms. The third kappa shape index (κ3) is 3.68. The van der Waals surface area contributed by atoms with Crippen molar-refractivity contribution in [3.05, 3.63) is 65.2 Å². The molecular formula is C22H25NO4. The number of nitrogens with zero attached hydrogens (tertiary/aromatic N) is 1. The Morgan fingerprint density at radius 2 is 1.81 bits per heavy atom. The standard InChI is InChI=1S/C22H25NO4/c1-14(2)12-13-23-20(15-8-10-16(27-3)11-9-15)19(22(25)26)17-6-4-5-7-18(17)21(23)24/h4-11,14,19-20H,12-13H2,1-3H3,(H,25,26)/t19-,20-/m1/s1. The van der Waals surface area contributed by atoms with Crippen LogP contribution in [0.4, 0.5) is 0 Å². The Kier molecular flexibility index (Phi) is 5.49. The van der Waals surface area contributed by atoms with E-state index in [9.17, 15) is 14.7 Å². The quantitative estimate of drug-likeness (QED) is 0.834. The van der Waals surface area contributed by atoms with Crippen LogP contribution in [0.5, 0.6) is 5.75 Å². The van der Waals surface area contributed by atoms with E-state index in [0.29, 0.717) is 29.3 Å². The number of fused-ring (bicyclic) bond motifs is 1. The van der Waals surface area contributed by atoms with E-state index in [-0.39, 0.29) is 5.91 Å². The van der Waals surface area contributed by atoms with E-state index in [4.69, 9.17) is 4.74 Å². The molecule has 3 rings (SSSR count). The lowest BCUT2D eigenvalue weighted by molar-refractivity contribution is -0.140. The minimum absolute atomic E-state index is 0.107. The predicted octanol–water partition coefficient (Wildman–Crippen LogP) is 4.11. The van der Waals surface area contributed by atoms with Gasteiger partial charge in [-0.1, -0.05) is 44.2 Å². The molecule has 1 aliphatic heterocycles. The second-order valence-electron chi connectivity index (χ2n) is 7.30. The first kappa shape index (κ1) is 19.0. The van der Waals surface area contributed by atoms with Gasteiger partial charge in [-0.25, -0.2) is 0 Å². The maximum Gasteiger partial charge on any atom is 0.313 e. The molecule has 142 valence electrons. The third-order valence-corrected chi connectivity index (χ3v) is 5.11. The summed E-state index contributed by atoms with van der Waals surface area (Å²) in [5.41, 5.74) is 1.87. The van der Waals surface area contributed by atoms with Gasteiger partial charge in [0.15, 0.2) is 0 Å². The minimum atomic E-state index is -0.926. The lowest BCUT2D eigenvalue weighted by Crippen LogP contribution is -2.45. The molecule has 1 heterocycles. The van der Waals surface area contributed by atoms with Crippen molar-refractivity contribution >= 4 is 11.9 Å². The molecule has 5 nitrogen and oxygen atoms in total. The molecule has 0 aromatic heterocycles. The summed E-state index contributed by atoms with van der Waals surface area (Å²) in [5.74, 6) is -0.731. The first-order valence-electron chi connectivity index (χ1n) is 9.20. The predicted molar refractivity (Wildman–Crippen MR) is 103 cm³/mol. The van der Waals surface area contributed by atoms with Crippen LogP contribution in [0.2, 0.25) is 0 Å². The zero-order valence-electron chi connectivity index (χ0n) is 15.9. The van der Waals surface area contributed by atoms with E-state index in [1.165, 1.54) is 0 Å². The van der Waals surface area contributed by atoms with Crippen LogP contribution in [-0.4, -0.2) is 35.5 Å². The second-order valence-corrected chi connectivity index (χ2v) is 7.30. The van der Waals surface area contributed by atoms with Gasteiger partial charge < -0.3 is 14.7 Å². The Morgan fingerprint density at radius 1 is 1.15 bits per heavy atom. The molecule has 1 amide bonds. The molecule has 0 aliphatic carbocycles. The van der Waals surface area contributed by atoms with Gasteiger partial charge in [-0.15, -0.1) is 0 Å². The number of amides is 1. The van der Waals surface area contributed by atoms with Crippen molar-refractivity contribution < 1.29 is 19.4 Å². The van der Waals surface area contributed by atoms with Crippen LogP contribution in [0.25, 0.3) is 0 Å². The van der Waals surface area contributed by atoms with E-state index in [2.05, 4.69) is 13.8 Å². The number of rotatable bonds is 6. The molecule has 0 unspecified atom stereocenters. The number of hydrogen-bond acceptors (Lipinski definition) is 3. The van der Waals surface area contributed by atoms with Crippen molar-refractivity contribution in [3.8, 4) is 5.75 Å². The summed E-state index contributed by atoms with van der Waals surface area (Å²) in [5, 5.41) is 10.0. The molecule has 1 N–H and O–H groups in total. The Balaban J connectivity index is 2.13. The normalized spacial score (nSPS) is 19.1. The first-order chi connectivity index (χ1) is 12.9. The van der Waals surface area contributed by atoms with E-state index >= 15 is 0 Å². The Labute approximate surface area is 159 Å². The number of hydrogen-bond donors (Lipinski definition) is 1. The SMILES string of the molecule is COc1ccc([C@@H]2[C@H](C(=O)O)c3ccccc3C(=O)N2CCC(C)C)cc1. The summed E-state index contributed by atoms with van der Waals surface area (Å²) >= 11 is 0. The summed E-state index contributed by atoms with van der Waals surface area (Å²) in [6.45, 7) is 4.71. The molecule has 2 aromatic carbocycles. The number of methoxy groups -OCH3 is 1. The smallest absolute Gasteiger partial charge is 0.313 e. The van der Waals surface area contributed by atoms with Gasteiger partial charge in [0.2, 0.25) is 0 Å². The second kappa shape index (κ2) is 7.82. The van der Waals surface area contributed by atoms with E-state index in [1.54, 1.807) is 48.4 Å². The molecule has 2 aromatic rings. The van der Waals surface area contributed by atoms with Crippen molar-refractivity contribution in [2.45, 2.75) is 32.2 Å². The number of benzene rings is 2. The summed E-state index contributed by atoms with van der Waals surface area (Å²) in [6, 6.07) is 13.8. The van der Waals surface area contributed by atoms with Crippen LogP contribution in [0.1, 0.15) is 53.7 Å². The molecule has 0 saturated heterocycles. The van der Waals surface area contributed by atoms with Crippen molar-refractivity contribution in [1.82, 2.24) is 4.90 Å². The fourth-order valence-electron chi connectivity index (χ4n) is 3.67. The van der Waals surface area contributed by atoms with Gasteiger partial charge in [0.1, 0.15) is 11.7 Å². The van der Waals surface area contributed by atoms with Gasteiger partial charge in [0.05, 0.1) is 13.2 Å². The Morgan fingerprint density at radius 3 is 2.41 bits per heavy atom. The van der Waals surface area contributed by atoms with Crippen LogP contribution < -0.4 is 4.74 Å². The Bertz CT molecular complexity index is 828. The average molecular weight is 367 g/mol. The number of ether oxygens (including phenoxy) is 1. The van der Waals surface area contributed by atoms with Crippen molar-refractivity contribution in [2.75, 3.05) is 13.7 Å². The number of carbonyl (C=O) groups excluding carboxylic acids is 1. The zero-order chi connectivity index (χ0) is 19.6. The maximum atomic E-state index is 13.2. The molecule has 0 fully saturated rings. The Hall–Kier alpha value is -2.82. The highest BCUT2D eigenvalue weighted by molar-refractivity contribution is 6.00. The fourth-order valence-corrected chi connectivity index (χ4v) is 3.67. The molecule has 0 radical (unpaired) electrons. The van der Waals surface area contributed by atoms with Gasteiger partial charge in [-0.05, 0) is 41.7 Å². The minimum Gasteiger partial charge on any atom is -0.497 e. The summed E-state index contributed by atoms with van der Waals surface area (Å²) in [6.07, 6.45) is 0.812. The highest BCUT2D eigenvalue weighted by Crippen LogP contribution is 2.43. The van der Waals surface area contributed by atoms with Crippen molar-refractivity contribution in [2.24, 2.45) is 5.92 Å². The average Bonchev–Trinajstić information content (AvgIpc) is 2.66. The highest BCUT2D eigenvalue weighted by atomic mass is 16.5. The van der Waals surface area contributed by atoms with Gasteiger partial charge in [-0.2, -0.15) is 0 Å². The molecule has 0 spiro atoms. The number of carbonyl (C=O) groups is 2. The largest absolute Gasteiger partial charge is 0.497 e. The number of carboxylic acids is 1. The van der Waals surface area contributed by atoms with Crippen LogP contribution in [0.15, 0.2) is 48.5 Å². The third-order valence-electron chi connectivity index (χ3n) is 5.11. The monoisotopic (exact) mass is 367 g/mol. The lowest BCUT2D eigenvalue weighted by Gasteiger charge is -2.41. The lowest BCUT2D eigenvalue weighted by atomic mass is 9.79. The van der Waals surface area contributed by atoms with E-state index in [1.807, 2.05) is 12.1 Å². The molecular weight excluding hydrogens is 342 g/mol. The van der Waals surface area contributed by atoms with E-state index < -0.39 is 17.9 Å². The van der Waals surface area contributed by atoms with Gasteiger partial charge in [0, 0.05) is 12.1 Å². The number of carboxylic acid groups (broad SMARTS) is 1. The first-order valence-corrected chi connectivity index (χ1v) is 9.20. The van der Waals surface area contributed by atoms with E-state index in [0.717, 1.165) is 12.0 Å². The van der Waals surface area contributed by atoms with Gasteiger partial charge in [-0.3, -0.25) is 9.59 Å². The molecule has 27 heavy (non-hydrogen) atoms. The topological polar surface area (TPSA) is 66.8 Å². The van der Waals surface area contributed by atoms with Crippen molar-refractivity contribution in [3.63, 3.8) is 0 Å². The summed E-state index contributed by atoms with van der Waals surface area (Å²) in [7, 11) is 1.59. The molecule has 2 atom stereocenters. The fraction of sp³-hybridized carbons (Fsp3) is 0.364. The number of aliphatic carboxylic acids is 1. The highest BCUT2D eigenvalue weighted by Gasteiger charge is 2.44. The van der Waals surface area contributed by atoms with Gasteiger partial charge >= 0.3 is 5.97 Å². The molecule has 1 aliphatic rings. The van der Waals surface area contributed by atoms with Crippen molar-refractivity contribution in [1.29, 1.82) is 0 Å². The van der Waals surface area contributed by atoms with Crippen LogP contribution in [-0.2, 0) is 4.79 Å². The van der Waals surface area contributed by atoms with Crippen LogP contribution in [0, 0.1) is 5.92 Å². The summed E-state index contributed by atoms with van der Waals surface area (Å²) in [4.78, 5) is 27.2. The van der Waals surface area contributed by atoms with Crippen LogP contribution >= 0.6 is 0 Å². The summed E-state index contributed by atoms with van der Waals surface area (Å²) < 4.78 is 5.22. The zero-order valence-corrected chi connectivity index (χ0v) is 15.9. The molecule has 0 saturated carbocycles. The van der Waals surface area contributed by atoms with Gasteiger partial charge in [0.25, 0.3) is 5.91 Å². The maximum absolute atomic E-state index is 13.2. The van der Waals surface area contributed by atoms with Crippen LogP contribution in [0.3, 0.4) is 0 Å².